The van der Waals surface area contributed by atoms with Crippen molar-refractivity contribution in [2.45, 2.75) is 31.9 Å². The number of rotatable bonds is 4. The normalized spacial score (nSPS) is 23.8. The van der Waals surface area contributed by atoms with Gasteiger partial charge in [0.15, 0.2) is 15.8 Å². The molecule has 0 aromatic heterocycles. The number of guanidine groups is 1. The minimum absolute atomic E-state index is 0.130. The Morgan fingerprint density at radius 2 is 1.77 bits per heavy atom. The van der Waals surface area contributed by atoms with Crippen molar-refractivity contribution in [1.82, 2.24) is 20.0 Å². The lowest BCUT2D eigenvalue weighted by molar-refractivity contribution is -0.132. The van der Waals surface area contributed by atoms with Gasteiger partial charge in [0.25, 0.3) is 0 Å². The van der Waals surface area contributed by atoms with Crippen LogP contribution in [0.25, 0.3) is 0 Å². The first-order chi connectivity index (χ1) is 12.2. The summed E-state index contributed by atoms with van der Waals surface area (Å²) < 4.78 is 23.6. The molecule has 2 saturated heterocycles. The van der Waals surface area contributed by atoms with Gasteiger partial charge in [0, 0.05) is 52.2 Å². The van der Waals surface area contributed by atoms with Crippen LogP contribution in [0.2, 0.25) is 0 Å². The first-order valence-corrected chi connectivity index (χ1v) is 11.0. The number of likely N-dealkylation sites (N-methyl/N-ethyl adjacent to an activating group) is 1. The van der Waals surface area contributed by atoms with Crippen LogP contribution < -0.4 is 5.32 Å². The third-order valence-electron chi connectivity index (χ3n) is 5.12. The minimum atomic E-state index is -3.08. The fourth-order valence-corrected chi connectivity index (χ4v) is 4.59. The van der Waals surface area contributed by atoms with Crippen molar-refractivity contribution in [3.05, 3.63) is 0 Å². The molecule has 0 atom stereocenters. The molecule has 0 radical (unpaired) electrons. The zero-order valence-corrected chi connectivity index (χ0v) is 17.3. The molecule has 0 bridgehead atoms. The van der Waals surface area contributed by atoms with Gasteiger partial charge in [-0.1, -0.05) is 0 Å². The highest BCUT2D eigenvalue weighted by molar-refractivity contribution is 7.92. The number of amides is 1. The van der Waals surface area contributed by atoms with Crippen molar-refractivity contribution >= 4 is 21.7 Å². The summed E-state index contributed by atoms with van der Waals surface area (Å²) in [6, 6.07) is 0. The highest BCUT2D eigenvalue weighted by Gasteiger charge is 2.40. The fourth-order valence-electron chi connectivity index (χ4n) is 3.22. The molecule has 0 spiro atoms. The van der Waals surface area contributed by atoms with E-state index in [0.29, 0.717) is 38.6 Å². The summed E-state index contributed by atoms with van der Waals surface area (Å²) in [4.78, 5) is 23.0. The van der Waals surface area contributed by atoms with Crippen LogP contribution in [0.15, 0.2) is 4.99 Å². The second-order valence-corrected chi connectivity index (χ2v) is 10.4. The van der Waals surface area contributed by atoms with Gasteiger partial charge in [-0.15, -0.1) is 0 Å². The van der Waals surface area contributed by atoms with Gasteiger partial charge >= 0.3 is 0 Å². The summed E-state index contributed by atoms with van der Waals surface area (Å²) in [5, 5.41) is 3.23. The lowest BCUT2D eigenvalue weighted by Crippen LogP contribution is -2.57. The lowest BCUT2D eigenvalue weighted by atomic mass is 10.2. The predicted octanol–water partition coefficient (Wildman–Crippen LogP) is -0.375. The van der Waals surface area contributed by atoms with Crippen molar-refractivity contribution in [2.24, 2.45) is 4.99 Å². The van der Waals surface area contributed by atoms with E-state index in [0.717, 1.165) is 26.2 Å². The number of piperazine rings is 1. The van der Waals surface area contributed by atoms with E-state index in [2.05, 4.69) is 22.3 Å². The number of sulfone groups is 1. The van der Waals surface area contributed by atoms with E-state index in [9.17, 15) is 13.2 Å². The van der Waals surface area contributed by atoms with Gasteiger partial charge in [0.2, 0.25) is 5.91 Å². The molecule has 0 saturated carbocycles. The quantitative estimate of drug-likeness (QED) is 0.523. The maximum atomic E-state index is 12.3. The Kier molecular flexibility index (Phi) is 6.90. The second-order valence-electron chi connectivity index (χ2n) is 7.67. The number of carbonyl (C=O) groups excluding carboxylic acids is 1. The summed E-state index contributed by atoms with van der Waals surface area (Å²) in [6.45, 7) is 10.8. The van der Waals surface area contributed by atoms with E-state index in [1.54, 1.807) is 13.8 Å². The topological polar surface area (TPSA) is 85.3 Å². The zero-order valence-electron chi connectivity index (χ0n) is 16.5. The number of carbonyl (C=O) groups is 1. The molecule has 0 aromatic rings. The predicted molar refractivity (Wildman–Crippen MR) is 104 cm³/mol. The van der Waals surface area contributed by atoms with E-state index in [1.165, 1.54) is 0 Å². The van der Waals surface area contributed by atoms with Crippen LogP contribution in [-0.2, 0) is 14.6 Å². The Balaban J connectivity index is 1.93. The molecule has 0 unspecified atom stereocenters. The van der Waals surface area contributed by atoms with E-state index in [4.69, 9.17) is 0 Å². The lowest BCUT2D eigenvalue weighted by Gasteiger charge is -2.39. The Bertz CT molecular complexity index is 624. The molecule has 0 aliphatic carbocycles. The van der Waals surface area contributed by atoms with Crippen LogP contribution in [0.1, 0.15) is 27.2 Å². The van der Waals surface area contributed by atoms with Crippen LogP contribution in [0.5, 0.6) is 0 Å². The Hall–Kier alpha value is -1.35. The van der Waals surface area contributed by atoms with Gasteiger partial charge in [-0.2, -0.15) is 0 Å². The van der Waals surface area contributed by atoms with Crippen LogP contribution in [0, 0.1) is 0 Å². The molecule has 2 rings (SSSR count). The van der Waals surface area contributed by atoms with Crippen LogP contribution in [0.4, 0.5) is 0 Å². The third kappa shape index (κ3) is 5.09. The van der Waals surface area contributed by atoms with E-state index in [-0.39, 0.29) is 11.7 Å². The molecule has 1 N–H and O–H groups in total. The molecule has 2 heterocycles. The maximum Gasteiger partial charge on any atom is 0.224 e. The molecular formula is C17H33N5O3S. The molecule has 2 aliphatic rings. The summed E-state index contributed by atoms with van der Waals surface area (Å²) in [5.41, 5.74) is 0. The van der Waals surface area contributed by atoms with Crippen LogP contribution >= 0.6 is 0 Å². The maximum absolute atomic E-state index is 12.3. The smallest absolute Gasteiger partial charge is 0.224 e. The number of nitrogens with one attached hydrogen (secondary N) is 1. The number of nitrogens with zero attached hydrogens (tertiary/aromatic N) is 4. The molecule has 8 nitrogen and oxygen atoms in total. The van der Waals surface area contributed by atoms with Gasteiger partial charge in [0.1, 0.15) is 0 Å². The Labute approximate surface area is 157 Å². The summed E-state index contributed by atoms with van der Waals surface area (Å²) in [7, 11) is -1.02. The molecular weight excluding hydrogens is 354 g/mol. The van der Waals surface area contributed by atoms with E-state index >= 15 is 0 Å². The number of aliphatic imine (C=N–C) groups is 1. The molecule has 2 fully saturated rings. The number of hydrogen-bond donors (Lipinski definition) is 1. The molecule has 0 aromatic carbocycles. The summed E-state index contributed by atoms with van der Waals surface area (Å²) in [5.74, 6) is 0.964. The summed E-state index contributed by atoms with van der Waals surface area (Å²) >= 11 is 0. The van der Waals surface area contributed by atoms with Crippen LogP contribution in [-0.4, -0.2) is 105 Å². The fraction of sp³-hybridized carbons (Fsp3) is 0.882. The second kappa shape index (κ2) is 8.56. The largest absolute Gasteiger partial charge is 0.357 e. The van der Waals surface area contributed by atoms with Gasteiger partial charge in [-0.25, -0.2) is 8.42 Å². The van der Waals surface area contributed by atoms with Gasteiger partial charge in [-0.3, -0.25) is 9.79 Å². The monoisotopic (exact) mass is 387 g/mol. The first-order valence-electron chi connectivity index (χ1n) is 9.38. The van der Waals surface area contributed by atoms with Crippen molar-refractivity contribution in [3.63, 3.8) is 0 Å². The average molecular weight is 388 g/mol. The van der Waals surface area contributed by atoms with Gasteiger partial charge < -0.3 is 20.0 Å². The first kappa shape index (κ1) is 21.0. The highest BCUT2D eigenvalue weighted by atomic mass is 32.2. The molecule has 2 aliphatic heterocycles. The van der Waals surface area contributed by atoms with Crippen molar-refractivity contribution in [2.75, 3.05) is 65.2 Å². The van der Waals surface area contributed by atoms with Crippen molar-refractivity contribution < 1.29 is 13.2 Å². The number of hydrogen-bond acceptors (Lipinski definition) is 5. The standard InChI is InChI=1S/C17H33N5O3S/c1-5-18-16(22-12-13-26(24,25)17(2,3)14-22)19-7-6-15(23)21-10-8-20(4)9-11-21/h5-14H2,1-4H3,(H,18,19). The third-order valence-corrected chi connectivity index (χ3v) is 7.65. The van der Waals surface area contributed by atoms with Crippen LogP contribution in [0.3, 0.4) is 0 Å². The highest BCUT2D eigenvalue weighted by Crippen LogP contribution is 2.23. The van der Waals surface area contributed by atoms with Crippen molar-refractivity contribution in [3.8, 4) is 0 Å². The minimum Gasteiger partial charge on any atom is -0.357 e. The zero-order chi connectivity index (χ0) is 19.4. The molecule has 26 heavy (non-hydrogen) atoms. The Morgan fingerprint density at radius 3 is 2.35 bits per heavy atom. The SMILES string of the molecule is CCNC(=NCCC(=O)N1CCN(C)CC1)N1CCS(=O)(=O)C(C)(C)C1. The van der Waals surface area contributed by atoms with E-state index in [1.807, 2.05) is 16.7 Å². The van der Waals surface area contributed by atoms with Gasteiger partial charge in [-0.05, 0) is 27.8 Å². The molecule has 9 heteroatoms. The molecule has 1 amide bonds. The molecule has 150 valence electrons. The Morgan fingerprint density at radius 1 is 1.12 bits per heavy atom. The van der Waals surface area contributed by atoms with E-state index < -0.39 is 14.6 Å². The summed E-state index contributed by atoms with van der Waals surface area (Å²) in [6.07, 6.45) is 0.383. The average Bonchev–Trinajstić information content (AvgIpc) is 2.57. The van der Waals surface area contributed by atoms with Crippen molar-refractivity contribution in [1.29, 1.82) is 0 Å². The van der Waals surface area contributed by atoms with Gasteiger partial charge in [0.05, 0.1) is 17.0 Å².